The van der Waals surface area contributed by atoms with Gasteiger partial charge in [0, 0.05) is 39.4 Å². The van der Waals surface area contributed by atoms with Gasteiger partial charge in [0.25, 0.3) is 0 Å². The average molecular weight is 423 g/mol. The van der Waals surface area contributed by atoms with Gasteiger partial charge in [-0.3, -0.25) is 4.79 Å². The van der Waals surface area contributed by atoms with Crippen molar-refractivity contribution in [1.82, 2.24) is 10.3 Å². The Balaban J connectivity index is 2.17. The second-order valence-electron chi connectivity index (χ2n) is 7.97. The predicted molar refractivity (Wildman–Crippen MR) is 114 cm³/mol. The number of carbonyl (C=O) groups is 1. The third-order valence-corrected chi connectivity index (χ3v) is 5.39. The fourth-order valence-electron chi connectivity index (χ4n) is 3.93. The van der Waals surface area contributed by atoms with Crippen LogP contribution < -0.4 is 25.9 Å². The van der Waals surface area contributed by atoms with Crippen molar-refractivity contribution in [3.8, 4) is 0 Å². The van der Waals surface area contributed by atoms with E-state index in [-0.39, 0.29) is 22.3 Å². The molecule has 30 heavy (non-hydrogen) atoms. The Hall–Kier alpha value is -2.88. The highest BCUT2D eigenvalue weighted by Crippen LogP contribution is 2.44. The number of nitrogens with zero attached hydrogens (tertiary/aromatic N) is 3. The van der Waals surface area contributed by atoms with Gasteiger partial charge in [0.2, 0.25) is 5.43 Å². The monoisotopic (exact) mass is 423 g/mol. The molecule has 8 nitrogen and oxygen atoms in total. The molecule has 1 saturated heterocycles. The molecular weight excluding hydrogens is 396 g/mol. The molecule has 3 N–H and O–H groups in total. The summed E-state index contributed by atoms with van der Waals surface area (Å²) in [5.41, 5.74) is -0.834. The van der Waals surface area contributed by atoms with E-state index < -0.39 is 17.0 Å². The third kappa shape index (κ3) is 4.04. The van der Waals surface area contributed by atoms with Crippen LogP contribution in [0.25, 0.3) is 10.9 Å². The zero-order valence-corrected chi connectivity index (χ0v) is 17.5. The number of pyridine rings is 1. The van der Waals surface area contributed by atoms with Crippen molar-refractivity contribution in [2.45, 2.75) is 26.3 Å². The summed E-state index contributed by atoms with van der Waals surface area (Å²) in [6.07, 6.45) is 1.90. The van der Waals surface area contributed by atoms with Crippen LogP contribution in [0, 0.1) is 5.92 Å². The lowest BCUT2D eigenvalue weighted by molar-refractivity contribution is 0.0695. The number of halogens is 2. The van der Waals surface area contributed by atoms with Crippen molar-refractivity contribution in [3.05, 3.63) is 28.0 Å². The highest BCUT2D eigenvalue weighted by molar-refractivity contribution is 6.05. The molecule has 0 radical (unpaired) electrons. The lowest BCUT2D eigenvalue weighted by atomic mass is 10.1. The standard InChI is InChI=1S/C20H27F2N5O3/c1-11(2)23-8-12-5-6-27(10-12)17-15(25(3)21)7-13-16(18(17)26(4)22)24-9-14(19(13)28)20(29)30/h7,9,11-12,23H,5-6,8,10H2,1-4H3,(H,24,28)(H,29,30). The van der Waals surface area contributed by atoms with E-state index in [2.05, 4.69) is 24.1 Å². The van der Waals surface area contributed by atoms with E-state index in [0.29, 0.717) is 41.0 Å². The smallest absolute Gasteiger partial charge is 0.341 e. The molecule has 1 aliphatic rings. The number of carboxylic acid groups (broad SMARTS) is 1. The van der Waals surface area contributed by atoms with Gasteiger partial charge < -0.3 is 20.3 Å². The number of aromatic carboxylic acids is 1. The molecule has 1 aliphatic heterocycles. The second-order valence-corrected chi connectivity index (χ2v) is 7.97. The molecule has 2 heterocycles. The number of anilines is 3. The zero-order chi connectivity index (χ0) is 22.2. The van der Waals surface area contributed by atoms with Gasteiger partial charge in [-0.2, -0.15) is 0 Å². The highest BCUT2D eigenvalue weighted by Gasteiger charge is 2.31. The zero-order valence-electron chi connectivity index (χ0n) is 17.5. The molecule has 2 aromatic rings. The number of nitrogens with one attached hydrogen (secondary N) is 2. The molecule has 1 aromatic carbocycles. The fraction of sp³-hybridized carbons (Fsp3) is 0.500. The quantitative estimate of drug-likeness (QED) is 0.590. The lowest BCUT2D eigenvalue weighted by Gasteiger charge is -2.28. The van der Waals surface area contributed by atoms with E-state index in [4.69, 9.17) is 0 Å². The Morgan fingerprint density at radius 1 is 1.37 bits per heavy atom. The minimum absolute atomic E-state index is 0.00138. The Morgan fingerprint density at radius 3 is 2.63 bits per heavy atom. The average Bonchev–Trinajstić information content (AvgIpc) is 3.13. The summed E-state index contributed by atoms with van der Waals surface area (Å²) in [4.78, 5) is 28.6. The van der Waals surface area contributed by atoms with Crippen molar-refractivity contribution in [1.29, 1.82) is 0 Å². The van der Waals surface area contributed by atoms with E-state index >= 15 is 0 Å². The number of rotatable bonds is 7. The van der Waals surface area contributed by atoms with Crippen LogP contribution in [0.5, 0.6) is 0 Å². The van der Waals surface area contributed by atoms with Gasteiger partial charge in [-0.1, -0.05) is 13.8 Å². The van der Waals surface area contributed by atoms with Crippen LogP contribution in [0.2, 0.25) is 0 Å². The number of aromatic nitrogens is 1. The van der Waals surface area contributed by atoms with E-state index in [9.17, 15) is 23.7 Å². The number of benzene rings is 1. The van der Waals surface area contributed by atoms with Crippen LogP contribution in [0.4, 0.5) is 26.0 Å². The summed E-state index contributed by atoms with van der Waals surface area (Å²) in [6.45, 7) is 6.12. The summed E-state index contributed by atoms with van der Waals surface area (Å²) in [5, 5.41) is 13.2. The molecule has 3 rings (SSSR count). The lowest BCUT2D eigenvalue weighted by Crippen LogP contribution is -2.31. The predicted octanol–water partition coefficient (Wildman–Crippen LogP) is 2.69. The summed E-state index contributed by atoms with van der Waals surface area (Å²) < 4.78 is 29.2. The van der Waals surface area contributed by atoms with Gasteiger partial charge in [-0.25, -0.2) is 15.0 Å². The minimum Gasteiger partial charge on any atom is -0.477 e. The molecule has 0 aliphatic carbocycles. The Bertz CT molecular complexity index is 1010. The number of hydrogen-bond donors (Lipinski definition) is 3. The molecule has 0 saturated carbocycles. The molecular formula is C20H27F2N5O3. The first-order chi connectivity index (χ1) is 14.1. The molecule has 0 amide bonds. The summed E-state index contributed by atoms with van der Waals surface area (Å²) >= 11 is 0. The van der Waals surface area contributed by atoms with Crippen LogP contribution in [0.15, 0.2) is 17.1 Å². The second kappa shape index (κ2) is 8.47. The van der Waals surface area contributed by atoms with Gasteiger partial charge >= 0.3 is 5.97 Å². The van der Waals surface area contributed by atoms with Crippen molar-refractivity contribution < 1.29 is 18.9 Å². The number of H-pyrrole nitrogens is 1. The molecule has 10 heteroatoms. The Labute approximate surface area is 172 Å². The molecule has 0 spiro atoms. The molecule has 0 bridgehead atoms. The number of fused-ring (bicyclic) bond motifs is 1. The minimum atomic E-state index is -1.41. The van der Waals surface area contributed by atoms with Crippen molar-refractivity contribution in [2.24, 2.45) is 5.92 Å². The maximum Gasteiger partial charge on any atom is 0.341 e. The van der Waals surface area contributed by atoms with Gasteiger partial charge in [-0.05, 0) is 24.9 Å². The summed E-state index contributed by atoms with van der Waals surface area (Å²) in [5.74, 6) is -1.10. The van der Waals surface area contributed by atoms with Crippen molar-refractivity contribution in [2.75, 3.05) is 48.9 Å². The van der Waals surface area contributed by atoms with E-state index in [1.165, 1.54) is 6.07 Å². The van der Waals surface area contributed by atoms with Crippen LogP contribution in [0.1, 0.15) is 30.6 Å². The van der Waals surface area contributed by atoms with Crippen LogP contribution >= 0.6 is 0 Å². The van der Waals surface area contributed by atoms with Gasteiger partial charge in [0.05, 0.1) is 22.3 Å². The largest absolute Gasteiger partial charge is 0.477 e. The maximum atomic E-state index is 14.7. The number of hydrogen-bond acceptors (Lipinski definition) is 6. The fourth-order valence-corrected chi connectivity index (χ4v) is 3.93. The number of aromatic amines is 1. The van der Waals surface area contributed by atoms with Crippen LogP contribution in [-0.4, -0.2) is 55.8 Å². The van der Waals surface area contributed by atoms with Gasteiger partial charge in [0.15, 0.2) is 0 Å². The maximum absolute atomic E-state index is 14.7. The highest BCUT2D eigenvalue weighted by atomic mass is 19.2. The van der Waals surface area contributed by atoms with Gasteiger partial charge in [-0.15, -0.1) is 8.96 Å². The first kappa shape index (κ1) is 21.8. The molecule has 1 unspecified atom stereocenters. The van der Waals surface area contributed by atoms with Crippen LogP contribution in [-0.2, 0) is 0 Å². The molecule has 164 valence electrons. The van der Waals surface area contributed by atoms with Crippen LogP contribution in [0.3, 0.4) is 0 Å². The Kier molecular flexibility index (Phi) is 6.16. The van der Waals surface area contributed by atoms with E-state index in [1.54, 1.807) is 0 Å². The van der Waals surface area contributed by atoms with E-state index in [0.717, 1.165) is 33.3 Å². The molecule has 1 atom stereocenters. The summed E-state index contributed by atoms with van der Waals surface area (Å²) in [7, 11) is 2.33. The van der Waals surface area contributed by atoms with Gasteiger partial charge in [0.1, 0.15) is 11.3 Å². The van der Waals surface area contributed by atoms with Crippen molar-refractivity contribution in [3.63, 3.8) is 0 Å². The topological polar surface area (TPSA) is 91.9 Å². The van der Waals surface area contributed by atoms with E-state index in [1.807, 2.05) is 4.90 Å². The van der Waals surface area contributed by atoms with Crippen molar-refractivity contribution >= 4 is 33.9 Å². The third-order valence-electron chi connectivity index (χ3n) is 5.39. The summed E-state index contributed by atoms with van der Waals surface area (Å²) in [6, 6.07) is 1.62. The SMILES string of the molecule is CC(C)NCC1CCN(c2c(N(C)F)cc3c(=O)c(C(=O)O)c[nH]c3c2N(C)F)C1. The first-order valence-corrected chi connectivity index (χ1v) is 9.84. The molecule has 1 aromatic heterocycles. The Morgan fingerprint density at radius 2 is 2.07 bits per heavy atom. The number of carboxylic acids is 1. The normalized spacial score (nSPS) is 16.5. The first-order valence-electron chi connectivity index (χ1n) is 9.84. The molecule has 1 fully saturated rings.